The van der Waals surface area contributed by atoms with Gasteiger partial charge < -0.3 is 10.6 Å². The molecule has 0 spiro atoms. The SMILES string of the molecule is O=C(NCCNC1CC1)c1ncn[nH]1. The second kappa shape index (κ2) is 4.19. The first-order chi connectivity index (χ1) is 6.86. The van der Waals surface area contributed by atoms with Gasteiger partial charge in [-0.3, -0.25) is 9.89 Å². The van der Waals surface area contributed by atoms with Gasteiger partial charge >= 0.3 is 0 Å². The molecule has 1 aliphatic rings. The number of aromatic nitrogens is 3. The number of carbonyl (C=O) groups excluding carboxylic acids is 1. The number of nitrogens with one attached hydrogen (secondary N) is 3. The fourth-order valence-corrected chi connectivity index (χ4v) is 1.14. The van der Waals surface area contributed by atoms with Crippen LogP contribution in [0.2, 0.25) is 0 Å². The third kappa shape index (κ3) is 2.53. The van der Waals surface area contributed by atoms with Gasteiger partial charge in [0.05, 0.1) is 0 Å². The van der Waals surface area contributed by atoms with E-state index in [-0.39, 0.29) is 11.7 Å². The summed E-state index contributed by atoms with van der Waals surface area (Å²) in [6, 6.07) is 0.678. The summed E-state index contributed by atoms with van der Waals surface area (Å²) in [5, 5.41) is 12.1. The summed E-state index contributed by atoms with van der Waals surface area (Å²) < 4.78 is 0. The molecule has 0 aliphatic heterocycles. The average Bonchev–Trinajstić information content (AvgIpc) is 2.84. The normalized spacial score (nSPS) is 15.4. The average molecular weight is 195 g/mol. The Morgan fingerprint density at radius 2 is 2.43 bits per heavy atom. The zero-order valence-electron chi connectivity index (χ0n) is 7.79. The highest BCUT2D eigenvalue weighted by atomic mass is 16.2. The molecule has 0 unspecified atom stereocenters. The molecule has 14 heavy (non-hydrogen) atoms. The van der Waals surface area contributed by atoms with Crippen LogP contribution in [-0.4, -0.2) is 40.2 Å². The molecule has 1 heterocycles. The summed E-state index contributed by atoms with van der Waals surface area (Å²) in [5.41, 5.74) is 0. The molecule has 0 bridgehead atoms. The monoisotopic (exact) mass is 195 g/mol. The number of nitrogens with zero attached hydrogens (tertiary/aromatic N) is 2. The van der Waals surface area contributed by atoms with Crippen LogP contribution in [0, 0.1) is 0 Å². The van der Waals surface area contributed by atoms with E-state index in [1.807, 2.05) is 0 Å². The number of aromatic amines is 1. The van der Waals surface area contributed by atoms with Crippen LogP contribution in [0.1, 0.15) is 23.5 Å². The van der Waals surface area contributed by atoms with E-state index in [1.54, 1.807) is 0 Å². The van der Waals surface area contributed by atoms with E-state index in [4.69, 9.17) is 0 Å². The summed E-state index contributed by atoms with van der Waals surface area (Å²) in [5.74, 6) is 0.0523. The third-order valence-electron chi connectivity index (χ3n) is 2.05. The highest BCUT2D eigenvalue weighted by Crippen LogP contribution is 2.17. The number of amides is 1. The molecular weight excluding hydrogens is 182 g/mol. The van der Waals surface area contributed by atoms with Crippen molar-refractivity contribution >= 4 is 5.91 Å². The molecule has 0 atom stereocenters. The van der Waals surface area contributed by atoms with Crippen LogP contribution in [0.25, 0.3) is 0 Å². The minimum atomic E-state index is -0.208. The Balaban J connectivity index is 1.62. The van der Waals surface area contributed by atoms with Crippen molar-refractivity contribution in [2.75, 3.05) is 13.1 Å². The zero-order valence-corrected chi connectivity index (χ0v) is 7.79. The highest BCUT2D eigenvalue weighted by Gasteiger charge is 2.19. The van der Waals surface area contributed by atoms with E-state index >= 15 is 0 Å². The van der Waals surface area contributed by atoms with Gasteiger partial charge in [0.25, 0.3) is 5.91 Å². The Labute approximate surface area is 81.5 Å². The van der Waals surface area contributed by atoms with Crippen molar-refractivity contribution in [3.8, 4) is 0 Å². The van der Waals surface area contributed by atoms with E-state index in [2.05, 4.69) is 25.8 Å². The quantitative estimate of drug-likeness (QED) is 0.542. The van der Waals surface area contributed by atoms with E-state index in [1.165, 1.54) is 19.2 Å². The molecule has 0 saturated heterocycles. The van der Waals surface area contributed by atoms with E-state index in [0.717, 1.165) is 6.54 Å². The minimum absolute atomic E-state index is 0.208. The second-order valence-electron chi connectivity index (χ2n) is 3.32. The molecule has 0 aromatic carbocycles. The fourth-order valence-electron chi connectivity index (χ4n) is 1.14. The fraction of sp³-hybridized carbons (Fsp3) is 0.625. The number of rotatable bonds is 5. The summed E-state index contributed by atoms with van der Waals surface area (Å²) in [6.07, 6.45) is 3.84. The summed E-state index contributed by atoms with van der Waals surface area (Å²) in [6.45, 7) is 1.43. The molecule has 1 aliphatic carbocycles. The number of H-pyrrole nitrogens is 1. The number of hydrogen-bond acceptors (Lipinski definition) is 4. The van der Waals surface area contributed by atoms with E-state index in [0.29, 0.717) is 12.6 Å². The van der Waals surface area contributed by atoms with Gasteiger partial charge in [0.15, 0.2) is 0 Å². The van der Waals surface area contributed by atoms with Crippen LogP contribution in [-0.2, 0) is 0 Å². The first-order valence-corrected chi connectivity index (χ1v) is 4.73. The van der Waals surface area contributed by atoms with Gasteiger partial charge in [-0.2, -0.15) is 5.10 Å². The molecule has 1 aromatic rings. The summed E-state index contributed by atoms with van der Waals surface area (Å²) >= 11 is 0. The van der Waals surface area contributed by atoms with Crippen LogP contribution >= 0.6 is 0 Å². The lowest BCUT2D eigenvalue weighted by molar-refractivity contribution is 0.0944. The van der Waals surface area contributed by atoms with Crippen LogP contribution in [0.3, 0.4) is 0 Å². The Hall–Kier alpha value is -1.43. The van der Waals surface area contributed by atoms with E-state index < -0.39 is 0 Å². The number of hydrogen-bond donors (Lipinski definition) is 3. The van der Waals surface area contributed by atoms with Crippen LogP contribution in [0.4, 0.5) is 0 Å². The molecule has 6 heteroatoms. The maximum Gasteiger partial charge on any atom is 0.288 e. The van der Waals surface area contributed by atoms with Crippen LogP contribution < -0.4 is 10.6 Å². The second-order valence-corrected chi connectivity index (χ2v) is 3.32. The summed E-state index contributed by atoms with van der Waals surface area (Å²) in [4.78, 5) is 15.0. The van der Waals surface area contributed by atoms with Gasteiger partial charge in [0, 0.05) is 19.1 Å². The van der Waals surface area contributed by atoms with Crippen LogP contribution in [0.15, 0.2) is 6.33 Å². The van der Waals surface area contributed by atoms with Gasteiger partial charge in [-0.05, 0) is 12.8 Å². The predicted octanol–water partition coefficient (Wildman–Crippen LogP) is -0.713. The molecule has 0 radical (unpaired) electrons. The molecular formula is C8H13N5O. The molecule has 2 rings (SSSR count). The van der Waals surface area contributed by atoms with Crippen molar-refractivity contribution < 1.29 is 4.79 Å². The number of carbonyl (C=O) groups is 1. The first-order valence-electron chi connectivity index (χ1n) is 4.73. The molecule has 1 aromatic heterocycles. The maximum absolute atomic E-state index is 11.3. The van der Waals surface area contributed by atoms with Crippen molar-refractivity contribution in [2.45, 2.75) is 18.9 Å². The third-order valence-corrected chi connectivity index (χ3v) is 2.05. The molecule has 1 saturated carbocycles. The lowest BCUT2D eigenvalue weighted by atomic mass is 10.5. The molecule has 76 valence electrons. The Kier molecular flexibility index (Phi) is 2.73. The predicted molar refractivity (Wildman–Crippen MR) is 49.7 cm³/mol. The van der Waals surface area contributed by atoms with Crippen molar-refractivity contribution in [1.29, 1.82) is 0 Å². The first kappa shape index (κ1) is 9.14. The molecule has 3 N–H and O–H groups in total. The molecule has 6 nitrogen and oxygen atoms in total. The van der Waals surface area contributed by atoms with E-state index in [9.17, 15) is 4.79 Å². The van der Waals surface area contributed by atoms with Crippen molar-refractivity contribution in [1.82, 2.24) is 25.8 Å². The van der Waals surface area contributed by atoms with Gasteiger partial charge in [-0.15, -0.1) is 0 Å². The lowest BCUT2D eigenvalue weighted by Crippen LogP contribution is -2.33. The topological polar surface area (TPSA) is 82.7 Å². The molecule has 1 fully saturated rings. The zero-order chi connectivity index (χ0) is 9.80. The smallest absolute Gasteiger partial charge is 0.288 e. The van der Waals surface area contributed by atoms with Crippen molar-refractivity contribution in [2.24, 2.45) is 0 Å². The van der Waals surface area contributed by atoms with Crippen molar-refractivity contribution in [3.63, 3.8) is 0 Å². The maximum atomic E-state index is 11.3. The Morgan fingerprint density at radius 1 is 1.57 bits per heavy atom. The highest BCUT2D eigenvalue weighted by molar-refractivity contribution is 5.90. The largest absolute Gasteiger partial charge is 0.348 e. The Morgan fingerprint density at radius 3 is 3.07 bits per heavy atom. The van der Waals surface area contributed by atoms with Gasteiger partial charge in [0.2, 0.25) is 5.82 Å². The lowest BCUT2D eigenvalue weighted by Gasteiger charge is -2.03. The Bertz CT molecular complexity index is 293. The van der Waals surface area contributed by atoms with Crippen molar-refractivity contribution in [3.05, 3.63) is 12.2 Å². The van der Waals surface area contributed by atoms with Gasteiger partial charge in [0.1, 0.15) is 6.33 Å². The minimum Gasteiger partial charge on any atom is -0.348 e. The van der Waals surface area contributed by atoms with Crippen LogP contribution in [0.5, 0.6) is 0 Å². The standard InChI is InChI=1S/C8H13N5O/c14-8(7-11-5-12-13-7)10-4-3-9-6-1-2-6/h5-6,9H,1-4H2,(H,10,14)(H,11,12,13). The summed E-state index contributed by atoms with van der Waals surface area (Å²) in [7, 11) is 0. The van der Waals surface area contributed by atoms with Gasteiger partial charge in [-0.1, -0.05) is 0 Å². The van der Waals surface area contributed by atoms with Gasteiger partial charge in [-0.25, -0.2) is 4.98 Å². The molecule has 1 amide bonds.